The molecule has 0 radical (unpaired) electrons. The maximum Gasteiger partial charge on any atom is 0.346 e. The third-order valence-corrected chi connectivity index (χ3v) is 7.50. The van der Waals surface area contributed by atoms with E-state index in [-0.39, 0.29) is 5.75 Å². The molecule has 1 atom stereocenters. The van der Waals surface area contributed by atoms with E-state index in [0.29, 0.717) is 34.3 Å². The largest absolute Gasteiger partial charge is 0.507 e. The topological polar surface area (TPSA) is 66.6 Å². The van der Waals surface area contributed by atoms with Crippen LogP contribution in [0.5, 0.6) is 5.75 Å². The Kier molecular flexibility index (Phi) is 5.21. The monoisotopic (exact) mass is 422 g/mol. The van der Waals surface area contributed by atoms with Crippen molar-refractivity contribution in [2.75, 3.05) is 6.54 Å². The molecule has 156 valence electrons. The summed E-state index contributed by atoms with van der Waals surface area (Å²) in [5, 5.41) is 12.1. The highest BCUT2D eigenvalue weighted by atomic mass is 32.1. The van der Waals surface area contributed by atoms with E-state index in [1.165, 1.54) is 24.1 Å². The van der Waals surface area contributed by atoms with Gasteiger partial charge < -0.3 is 9.52 Å². The van der Waals surface area contributed by atoms with Gasteiger partial charge in [-0.05, 0) is 62.9 Å². The van der Waals surface area contributed by atoms with Crippen molar-refractivity contribution in [3.63, 3.8) is 0 Å². The van der Waals surface area contributed by atoms with Crippen LogP contribution < -0.4 is 5.63 Å². The summed E-state index contributed by atoms with van der Waals surface area (Å²) in [6.45, 7) is 3.82. The lowest BCUT2D eigenvalue weighted by atomic mass is 9.98. The Labute approximate surface area is 179 Å². The first-order valence-electron chi connectivity index (χ1n) is 10.8. The molecular weight excluding hydrogens is 396 g/mol. The molecule has 1 aromatic carbocycles. The number of piperidine rings is 1. The van der Waals surface area contributed by atoms with Gasteiger partial charge in [-0.3, -0.25) is 4.90 Å². The van der Waals surface area contributed by atoms with Gasteiger partial charge in [0, 0.05) is 22.8 Å². The van der Waals surface area contributed by atoms with E-state index < -0.39 is 5.63 Å². The summed E-state index contributed by atoms with van der Waals surface area (Å²) in [7, 11) is 0. The smallest absolute Gasteiger partial charge is 0.346 e. The van der Waals surface area contributed by atoms with Gasteiger partial charge >= 0.3 is 5.63 Å². The first-order valence-corrected chi connectivity index (χ1v) is 11.6. The number of allylic oxidation sites excluding steroid dienone is 1. The first kappa shape index (κ1) is 19.5. The second-order valence-corrected chi connectivity index (χ2v) is 9.31. The fourth-order valence-corrected chi connectivity index (χ4v) is 5.73. The molecule has 0 spiro atoms. The number of rotatable bonds is 4. The third kappa shape index (κ3) is 3.48. The summed E-state index contributed by atoms with van der Waals surface area (Å²) < 4.78 is 5.81. The molecule has 2 aliphatic rings. The lowest BCUT2D eigenvalue weighted by molar-refractivity contribution is 0.135. The van der Waals surface area contributed by atoms with Crippen molar-refractivity contribution in [1.82, 2.24) is 9.88 Å². The lowest BCUT2D eigenvalue weighted by Crippen LogP contribution is -2.38. The van der Waals surface area contributed by atoms with Crippen molar-refractivity contribution >= 4 is 28.4 Å². The maximum absolute atomic E-state index is 12.9. The third-order valence-electron chi connectivity index (χ3n) is 6.33. The van der Waals surface area contributed by atoms with E-state index in [0.717, 1.165) is 36.9 Å². The number of aromatic hydroxyl groups is 1. The number of aryl methyl sites for hydroxylation is 1. The van der Waals surface area contributed by atoms with E-state index >= 15 is 0 Å². The number of phenolic OH excluding ortho intramolecular Hbond substituents is 1. The van der Waals surface area contributed by atoms with Crippen molar-refractivity contribution in [3.8, 4) is 16.3 Å². The summed E-state index contributed by atoms with van der Waals surface area (Å²) in [6.07, 6.45) is 10.8. The predicted octanol–water partition coefficient (Wildman–Crippen LogP) is 5.35. The summed E-state index contributed by atoms with van der Waals surface area (Å²) in [5.41, 5.74) is 2.26. The molecule has 1 aliphatic carbocycles. The van der Waals surface area contributed by atoms with Gasteiger partial charge in [0.15, 0.2) is 0 Å². The molecule has 5 nitrogen and oxygen atoms in total. The summed E-state index contributed by atoms with van der Waals surface area (Å²) in [4.78, 5) is 21.2. The highest BCUT2D eigenvalue weighted by Gasteiger charge is 2.24. The van der Waals surface area contributed by atoms with Gasteiger partial charge in [0.2, 0.25) is 0 Å². The number of likely N-dealkylation sites (tertiary alicyclic amines) is 1. The minimum Gasteiger partial charge on any atom is -0.507 e. The summed E-state index contributed by atoms with van der Waals surface area (Å²) in [5.74, 6) is 0.189. The van der Waals surface area contributed by atoms with Gasteiger partial charge in [0.25, 0.3) is 0 Å². The fourth-order valence-electron chi connectivity index (χ4n) is 4.66. The maximum atomic E-state index is 12.9. The zero-order chi connectivity index (χ0) is 20.7. The molecular formula is C24H26N2O3S. The van der Waals surface area contributed by atoms with Crippen LogP contribution in [0.15, 0.2) is 33.5 Å². The predicted molar refractivity (Wildman–Crippen MR) is 121 cm³/mol. The molecule has 3 aromatic rings. The average Bonchev–Trinajstić information content (AvgIpc) is 3.20. The van der Waals surface area contributed by atoms with Gasteiger partial charge in [-0.2, -0.15) is 0 Å². The number of nitrogens with zero attached hydrogens (tertiary/aromatic N) is 2. The minimum atomic E-state index is -0.393. The molecule has 30 heavy (non-hydrogen) atoms. The number of hydrogen-bond donors (Lipinski definition) is 1. The van der Waals surface area contributed by atoms with Crippen molar-refractivity contribution in [2.24, 2.45) is 0 Å². The van der Waals surface area contributed by atoms with Crippen LogP contribution in [0.2, 0.25) is 0 Å². The fraction of sp³-hybridized carbons (Fsp3) is 0.417. The van der Waals surface area contributed by atoms with E-state index in [1.54, 1.807) is 17.4 Å². The van der Waals surface area contributed by atoms with Crippen molar-refractivity contribution in [2.45, 2.75) is 58.0 Å². The summed E-state index contributed by atoms with van der Waals surface area (Å²) in [6, 6.07) is 5.91. The molecule has 2 aromatic heterocycles. The standard InChI is InChI=1S/C24H26N2O3S/c1-2-16-7-5-6-12-26(16)14-18-20(27)11-10-15-13-17(24(28)29-22(15)18)23-25-19-8-3-4-9-21(19)30-23/h3,8,10-11,13,16,27H,2,4-7,9,12,14H2,1H3. The molecule has 3 heterocycles. The molecule has 1 fully saturated rings. The van der Waals surface area contributed by atoms with Crippen LogP contribution in [0.1, 0.15) is 55.2 Å². The minimum absolute atomic E-state index is 0.189. The quantitative estimate of drug-likeness (QED) is 0.575. The normalized spacial score (nSPS) is 19.3. The zero-order valence-electron chi connectivity index (χ0n) is 17.2. The van der Waals surface area contributed by atoms with Gasteiger partial charge in [-0.1, -0.05) is 19.4 Å². The van der Waals surface area contributed by atoms with E-state index in [2.05, 4.69) is 22.9 Å². The average molecular weight is 423 g/mol. The van der Waals surface area contributed by atoms with Crippen LogP contribution in [0, 0.1) is 0 Å². The van der Waals surface area contributed by atoms with Gasteiger partial charge in [-0.25, -0.2) is 9.78 Å². The Morgan fingerprint density at radius 3 is 3.07 bits per heavy atom. The second kappa shape index (κ2) is 8.00. The van der Waals surface area contributed by atoms with E-state index in [9.17, 15) is 9.90 Å². The van der Waals surface area contributed by atoms with Gasteiger partial charge in [0.05, 0.1) is 16.8 Å². The van der Waals surface area contributed by atoms with Crippen LogP contribution in [0.25, 0.3) is 27.6 Å². The highest BCUT2D eigenvalue weighted by Crippen LogP contribution is 2.34. The molecule has 0 amide bonds. The summed E-state index contributed by atoms with van der Waals surface area (Å²) >= 11 is 1.57. The molecule has 1 N–H and O–H groups in total. The Bertz CT molecular complexity index is 1180. The molecule has 1 unspecified atom stereocenters. The van der Waals surface area contributed by atoms with Crippen molar-refractivity contribution in [1.29, 1.82) is 0 Å². The molecule has 0 saturated carbocycles. The molecule has 5 rings (SSSR count). The van der Waals surface area contributed by atoms with Crippen LogP contribution in [-0.4, -0.2) is 27.6 Å². The Hall–Kier alpha value is -2.44. The van der Waals surface area contributed by atoms with Crippen LogP contribution >= 0.6 is 11.3 Å². The highest BCUT2D eigenvalue weighted by molar-refractivity contribution is 7.15. The van der Waals surface area contributed by atoms with E-state index in [4.69, 9.17) is 4.42 Å². The number of benzene rings is 1. The SMILES string of the molecule is CCC1CCCCN1Cc1c(O)ccc2cc(-c3nc4c(s3)CCC=C4)c(=O)oc12. The Balaban J connectivity index is 1.56. The van der Waals surface area contributed by atoms with Crippen molar-refractivity contribution in [3.05, 3.63) is 50.8 Å². The Morgan fingerprint density at radius 2 is 2.23 bits per heavy atom. The lowest BCUT2D eigenvalue weighted by Gasteiger charge is -2.35. The van der Waals surface area contributed by atoms with Gasteiger partial charge in [-0.15, -0.1) is 11.3 Å². The number of hydrogen-bond acceptors (Lipinski definition) is 6. The Morgan fingerprint density at radius 1 is 1.33 bits per heavy atom. The number of fused-ring (bicyclic) bond motifs is 2. The van der Waals surface area contributed by atoms with Crippen LogP contribution in [0.4, 0.5) is 0 Å². The first-order chi connectivity index (χ1) is 14.6. The van der Waals surface area contributed by atoms with Crippen LogP contribution in [0.3, 0.4) is 0 Å². The number of phenols is 1. The molecule has 0 bridgehead atoms. The molecule has 1 saturated heterocycles. The molecule has 1 aliphatic heterocycles. The second-order valence-electron chi connectivity index (χ2n) is 8.23. The zero-order valence-corrected chi connectivity index (χ0v) is 18.0. The molecule has 6 heteroatoms. The van der Waals surface area contributed by atoms with Gasteiger partial charge in [0.1, 0.15) is 16.3 Å². The van der Waals surface area contributed by atoms with Crippen LogP contribution in [-0.2, 0) is 13.0 Å². The van der Waals surface area contributed by atoms with Crippen molar-refractivity contribution < 1.29 is 9.52 Å². The number of aromatic nitrogens is 1. The van der Waals surface area contributed by atoms with E-state index in [1.807, 2.05) is 18.2 Å². The number of thiazole rings is 1.